The molecule has 0 radical (unpaired) electrons. The maximum Gasteiger partial charge on any atom is 0.308 e. The summed E-state index contributed by atoms with van der Waals surface area (Å²) in [6.45, 7) is 1.73. The first kappa shape index (κ1) is 19.4. The van der Waals surface area contributed by atoms with Gasteiger partial charge in [-0.3, -0.25) is 9.59 Å². The molecule has 0 bridgehead atoms. The fourth-order valence-corrected chi connectivity index (χ4v) is 3.92. The Morgan fingerprint density at radius 2 is 1.76 bits per heavy atom. The zero-order valence-electron chi connectivity index (χ0n) is 14.6. The molecule has 1 aromatic carbocycles. The fourth-order valence-electron chi connectivity index (χ4n) is 3.28. The molecule has 1 aliphatic rings. The molecule has 6 nitrogen and oxygen atoms in total. The maximum atomic E-state index is 12.7. The van der Waals surface area contributed by atoms with Crippen molar-refractivity contribution in [3.05, 3.63) is 29.3 Å². The van der Waals surface area contributed by atoms with Crippen molar-refractivity contribution in [1.82, 2.24) is 5.32 Å². The Kier molecular flexibility index (Phi) is 6.21. The van der Waals surface area contributed by atoms with Crippen LogP contribution in [0.3, 0.4) is 0 Å². The van der Waals surface area contributed by atoms with E-state index in [1.807, 2.05) is 0 Å². The molecular formula is C18H25NO5S. The van der Waals surface area contributed by atoms with Crippen LogP contribution in [0.15, 0.2) is 23.1 Å². The molecular weight excluding hydrogens is 342 g/mol. The van der Waals surface area contributed by atoms with E-state index in [-0.39, 0.29) is 10.5 Å². The van der Waals surface area contributed by atoms with Gasteiger partial charge in [-0.15, -0.1) is 0 Å². The van der Waals surface area contributed by atoms with E-state index in [0.29, 0.717) is 18.4 Å². The van der Waals surface area contributed by atoms with Crippen molar-refractivity contribution in [3.63, 3.8) is 0 Å². The zero-order chi connectivity index (χ0) is 18.6. The monoisotopic (exact) mass is 367 g/mol. The lowest BCUT2D eigenvalue weighted by atomic mass is 9.86. The van der Waals surface area contributed by atoms with E-state index in [2.05, 4.69) is 5.32 Å². The second-order valence-corrected chi connectivity index (χ2v) is 8.78. The van der Waals surface area contributed by atoms with Crippen molar-refractivity contribution >= 4 is 21.7 Å². The van der Waals surface area contributed by atoms with Crippen molar-refractivity contribution in [2.75, 3.05) is 6.26 Å². The summed E-state index contributed by atoms with van der Waals surface area (Å²) in [6, 6.07) is 3.99. The number of rotatable bonds is 4. The van der Waals surface area contributed by atoms with Gasteiger partial charge in [0.2, 0.25) is 0 Å². The number of carboxylic acids is 1. The van der Waals surface area contributed by atoms with Gasteiger partial charge in [0.1, 0.15) is 0 Å². The number of aryl methyl sites for hydroxylation is 1. The van der Waals surface area contributed by atoms with Gasteiger partial charge in [-0.1, -0.05) is 31.7 Å². The number of hydrogen-bond acceptors (Lipinski definition) is 4. The topological polar surface area (TPSA) is 101 Å². The number of carbonyl (C=O) groups excluding carboxylic acids is 1. The number of carboxylic acid groups (broad SMARTS) is 1. The zero-order valence-corrected chi connectivity index (χ0v) is 15.4. The van der Waals surface area contributed by atoms with Crippen LogP contribution in [0.1, 0.15) is 54.4 Å². The quantitative estimate of drug-likeness (QED) is 0.852. The molecule has 7 heteroatoms. The molecule has 0 heterocycles. The number of nitrogens with one attached hydrogen (secondary N) is 1. The minimum atomic E-state index is -3.42. The summed E-state index contributed by atoms with van der Waals surface area (Å²) in [6.07, 6.45) is 6.01. The highest BCUT2D eigenvalue weighted by atomic mass is 32.2. The molecule has 25 heavy (non-hydrogen) atoms. The molecule has 0 aliphatic heterocycles. The highest BCUT2D eigenvalue weighted by molar-refractivity contribution is 7.90. The van der Waals surface area contributed by atoms with Crippen LogP contribution >= 0.6 is 0 Å². The first-order chi connectivity index (χ1) is 11.7. The Balaban J connectivity index is 2.26. The summed E-state index contributed by atoms with van der Waals surface area (Å²) in [7, 11) is -3.42. The van der Waals surface area contributed by atoms with Crippen molar-refractivity contribution in [2.45, 2.75) is 56.4 Å². The van der Waals surface area contributed by atoms with Gasteiger partial charge in [0.05, 0.1) is 10.8 Å². The summed E-state index contributed by atoms with van der Waals surface area (Å²) >= 11 is 0. The van der Waals surface area contributed by atoms with Gasteiger partial charge in [-0.05, 0) is 37.5 Å². The van der Waals surface area contributed by atoms with Crippen molar-refractivity contribution in [1.29, 1.82) is 0 Å². The summed E-state index contributed by atoms with van der Waals surface area (Å²) < 4.78 is 23.4. The number of carbonyl (C=O) groups is 2. The van der Waals surface area contributed by atoms with Crippen LogP contribution in [0, 0.1) is 12.8 Å². The van der Waals surface area contributed by atoms with Crippen LogP contribution < -0.4 is 5.32 Å². The minimum absolute atomic E-state index is 0.0794. The first-order valence-electron chi connectivity index (χ1n) is 8.54. The highest BCUT2D eigenvalue weighted by Crippen LogP contribution is 2.24. The number of sulfone groups is 1. The second-order valence-electron chi connectivity index (χ2n) is 6.77. The van der Waals surface area contributed by atoms with Crippen LogP contribution in [0.25, 0.3) is 0 Å². The van der Waals surface area contributed by atoms with Crippen LogP contribution in [0.2, 0.25) is 0 Å². The summed E-state index contributed by atoms with van der Waals surface area (Å²) in [5.74, 6) is -1.92. The van der Waals surface area contributed by atoms with Gasteiger partial charge < -0.3 is 10.4 Å². The molecule has 2 rings (SSSR count). The standard InChI is InChI=1S/C18H25NO5S/c1-12-9-10-13(25(2,23)24)11-15(12)17(20)19-16-8-6-4-3-5-7-14(16)18(21)22/h9-11,14,16H,3-8H2,1-2H3,(H,19,20)(H,21,22). The summed E-state index contributed by atoms with van der Waals surface area (Å²) in [5, 5.41) is 12.3. The van der Waals surface area contributed by atoms with Crippen molar-refractivity contribution in [3.8, 4) is 0 Å². The number of aliphatic carboxylic acids is 1. The largest absolute Gasteiger partial charge is 0.481 e. The Hall–Kier alpha value is -1.89. The van der Waals surface area contributed by atoms with E-state index >= 15 is 0 Å². The SMILES string of the molecule is Cc1ccc(S(C)(=O)=O)cc1C(=O)NC1CCCCCCC1C(=O)O. The Bertz CT molecular complexity index is 757. The van der Waals surface area contributed by atoms with E-state index < -0.39 is 33.7 Å². The second kappa shape index (κ2) is 7.99. The van der Waals surface area contributed by atoms with Gasteiger partial charge in [0.25, 0.3) is 5.91 Å². The van der Waals surface area contributed by atoms with E-state index in [0.717, 1.165) is 31.9 Å². The molecule has 1 fully saturated rings. The van der Waals surface area contributed by atoms with Crippen LogP contribution in [0.4, 0.5) is 0 Å². The maximum absolute atomic E-state index is 12.7. The van der Waals surface area contributed by atoms with Crippen LogP contribution in [-0.2, 0) is 14.6 Å². The molecule has 2 N–H and O–H groups in total. The normalized spacial score (nSPS) is 21.8. The lowest BCUT2D eigenvalue weighted by Gasteiger charge is -2.27. The van der Waals surface area contributed by atoms with E-state index in [4.69, 9.17) is 0 Å². The molecule has 2 atom stereocenters. The van der Waals surface area contributed by atoms with Gasteiger partial charge >= 0.3 is 5.97 Å². The van der Waals surface area contributed by atoms with Crippen molar-refractivity contribution in [2.24, 2.45) is 5.92 Å². The van der Waals surface area contributed by atoms with Gasteiger partial charge in [0, 0.05) is 17.9 Å². The Morgan fingerprint density at radius 1 is 1.12 bits per heavy atom. The molecule has 138 valence electrons. The molecule has 0 spiro atoms. The van der Waals surface area contributed by atoms with Crippen LogP contribution in [-0.4, -0.2) is 37.7 Å². The van der Waals surface area contributed by atoms with Crippen molar-refractivity contribution < 1.29 is 23.1 Å². The van der Waals surface area contributed by atoms with E-state index in [1.54, 1.807) is 13.0 Å². The molecule has 2 unspecified atom stereocenters. The average molecular weight is 367 g/mol. The third-order valence-corrected chi connectivity index (χ3v) is 5.89. The van der Waals surface area contributed by atoms with E-state index in [9.17, 15) is 23.1 Å². The average Bonchev–Trinajstić information content (AvgIpc) is 2.48. The number of benzene rings is 1. The molecule has 1 aromatic rings. The lowest BCUT2D eigenvalue weighted by Crippen LogP contribution is -2.44. The fraction of sp³-hybridized carbons (Fsp3) is 0.556. The number of amides is 1. The van der Waals surface area contributed by atoms with Crippen LogP contribution in [0.5, 0.6) is 0 Å². The Morgan fingerprint density at radius 3 is 2.36 bits per heavy atom. The number of hydrogen-bond donors (Lipinski definition) is 2. The predicted octanol–water partition coefficient (Wildman–Crippen LogP) is 2.55. The molecule has 1 saturated carbocycles. The van der Waals surface area contributed by atoms with Gasteiger partial charge in [-0.2, -0.15) is 0 Å². The Labute approximate surface area is 148 Å². The molecule has 1 aliphatic carbocycles. The summed E-state index contributed by atoms with van der Waals surface area (Å²) in [5.41, 5.74) is 0.928. The molecule has 0 aromatic heterocycles. The third-order valence-electron chi connectivity index (χ3n) is 4.78. The molecule has 1 amide bonds. The van der Waals surface area contributed by atoms with Gasteiger partial charge in [-0.25, -0.2) is 8.42 Å². The smallest absolute Gasteiger partial charge is 0.308 e. The predicted molar refractivity (Wildman–Crippen MR) is 94.4 cm³/mol. The molecule has 0 saturated heterocycles. The van der Waals surface area contributed by atoms with E-state index in [1.165, 1.54) is 12.1 Å². The first-order valence-corrected chi connectivity index (χ1v) is 10.4. The minimum Gasteiger partial charge on any atom is -0.481 e. The third kappa shape index (κ3) is 5.04. The van der Waals surface area contributed by atoms with Gasteiger partial charge in [0.15, 0.2) is 9.84 Å². The summed E-state index contributed by atoms with van der Waals surface area (Å²) in [4.78, 5) is 24.3. The highest BCUT2D eigenvalue weighted by Gasteiger charge is 2.30. The lowest BCUT2D eigenvalue weighted by molar-refractivity contribution is -0.143.